The molecular weight excluding hydrogens is 330 g/mol. The summed E-state index contributed by atoms with van der Waals surface area (Å²) in [6, 6.07) is 16.3. The molecular formula is C21H27NO2S. The zero-order valence-electron chi connectivity index (χ0n) is 15.2. The van der Waals surface area contributed by atoms with Crippen molar-refractivity contribution in [3.63, 3.8) is 0 Å². The summed E-state index contributed by atoms with van der Waals surface area (Å²) in [7, 11) is 0. The average Bonchev–Trinajstić information content (AvgIpc) is 2.60. The minimum Gasteiger partial charge on any atom is -0.480 e. The zero-order chi connectivity index (χ0) is 18.1. The van der Waals surface area contributed by atoms with Crippen molar-refractivity contribution in [3.8, 4) is 5.75 Å². The van der Waals surface area contributed by atoms with E-state index in [4.69, 9.17) is 4.74 Å². The second kappa shape index (κ2) is 10.1. The highest BCUT2D eigenvalue weighted by Gasteiger charge is 2.18. The SMILES string of the molecule is CC[C@@H](Oc1ccccc1C)C(=O)NCCSCc1cccc(C)c1. The maximum Gasteiger partial charge on any atom is 0.261 e. The fourth-order valence-corrected chi connectivity index (χ4v) is 3.32. The highest BCUT2D eigenvalue weighted by atomic mass is 32.2. The first-order valence-electron chi connectivity index (χ1n) is 8.73. The van der Waals surface area contributed by atoms with E-state index in [1.807, 2.05) is 49.9 Å². The van der Waals surface area contributed by atoms with E-state index in [1.54, 1.807) is 0 Å². The number of aryl methyl sites for hydroxylation is 2. The summed E-state index contributed by atoms with van der Waals surface area (Å²) in [6.45, 7) is 6.72. The topological polar surface area (TPSA) is 38.3 Å². The summed E-state index contributed by atoms with van der Waals surface area (Å²) in [6.07, 6.45) is 0.208. The van der Waals surface area contributed by atoms with Crippen LogP contribution in [0.1, 0.15) is 30.0 Å². The fraction of sp³-hybridized carbons (Fsp3) is 0.381. The fourth-order valence-electron chi connectivity index (χ4n) is 2.52. The van der Waals surface area contributed by atoms with Gasteiger partial charge < -0.3 is 10.1 Å². The molecule has 0 saturated heterocycles. The predicted octanol–water partition coefficient (Wildman–Crippen LogP) is 4.51. The number of amides is 1. The van der Waals surface area contributed by atoms with Gasteiger partial charge in [0.15, 0.2) is 6.10 Å². The first kappa shape index (κ1) is 19.4. The largest absolute Gasteiger partial charge is 0.480 e. The lowest BCUT2D eigenvalue weighted by Crippen LogP contribution is -2.39. The second-order valence-corrected chi connectivity index (χ2v) is 7.22. The molecule has 0 saturated carbocycles. The van der Waals surface area contributed by atoms with Crippen LogP contribution < -0.4 is 10.1 Å². The molecule has 3 nitrogen and oxygen atoms in total. The Labute approximate surface area is 155 Å². The number of para-hydroxylation sites is 1. The minimum absolute atomic E-state index is 0.0399. The Morgan fingerprint density at radius 1 is 1.16 bits per heavy atom. The van der Waals surface area contributed by atoms with E-state index in [2.05, 4.69) is 36.5 Å². The normalized spacial score (nSPS) is 11.8. The van der Waals surface area contributed by atoms with Crippen LogP contribution in [0.5, 0.6) is 5.75 Å². The smallest absolute Gasteiger partial charge is 0.261 e. The van der Waals surface area contributed by atoms with Crippen molar-refractivity contribution in [2.75, 3.05) is 12.3 Å². The molecule has 2 rings (SSSR count). The highest BCUT2D eigenvalue weighted by molar-refractivity contribution is 7.98. The van der Waals surface area contributed by atoms with Crippen molar-refractivity contribution in [2.45, 2.75) is 39.0 Å². The second-order valence-electron chi connectivity index (χ2n) is 6.11. The summed E-state index contributed by atoms with van der Waals surface area (Å²) in [4.78, 5) is 12.3. The average molecular weight is 358 g/mol. The maximum atomic E-state index is 12.3. The van der Waals surface area contributed by atoms with Gasteiger partial charge in [0.25, 0.3) is 5.91 Å². The Morgan fingerprint density at radius 3 is 2.68 bits per heavy atom. The van der Waals surface area contributed by atoms with Crippen LogP contribution in [0, 0.1) is 13.8 Å². The van der Waals surface area contributed by atoms with Crippen molar-refractivity contribution >= 4 is 17.7 Å². The summed E-state index contributed by atoms with van der Waals surface area (Å²) < 4.78 is 5.88. The van der Waals surface area contributed by atoms with Crippen molar-refractivity contribution in [2.24, 2.45) is 0 Å². The van der Waals surface area contributed by atoms with E-state index < -0.39 is 6.10 Å². The Hall–Kier alpha value is -1.94. The molecule has 1 atom stereocenters. The van der Waals surface area contributed by atoms with Crippen LogP contribution >= 0.6 is 11.8 Å². The van der Waals surface area contributed by atoms with Crippen LogP contribution in [0.4, 0.5) is 0 Å². The highest BCUT2D eigenvalue weighted by Crippen LogP contribution is 2.19. The molecule has 0 aliphatic heterocycles. The van der Waals surface area contributed by atoms with Crippen molar-refractivity contribution in [3.05, 3.63) is 65.2 Å². The number of thioether (sulfide) groups is 1. The van der Waals surface area contributed by atoms with Gasteiger partial charge in [-0.3, -0.25) is 4.79 Å². The summed E-state index contributed by atoms with van der Waals surface area (Å²) in [5.41, 5.74) is 3.65. The quantitative estimate of drug-likeness (QED) is 0.671. The van der Waals surface area contributed by atoms with E-state index in [0.29, 0.717) is 13.0 Å². The number of hydrogen-bond acceptors (Lipinski definition) is 3. The van der Waals surface area contributed by atoms with Gasteiger partial charge in [-0.1, -0.05) is 55.0 Å². The number of carbonyl (C=O) groups excluding carboxylic acids is 1. The monoisotopic (exact) mass is 357 g/mol. The molecule has 1 N–H and O–H groups in total. The lowest BCUT2D eigenvalue weighted by molar-refractivity contribution is -0.128. The van der Waals surface area contributed by atoms with Crippen molar-refractivity contribution < 1.29 is 9.53 Å². The number of benzene rings is 2. The molecule has 0 heterocycles. The molecule has 0 radical (unpaired) electrons. The molecule has 0 fully saturated rings. The molecule has 0 bridgehead atoms. The minimum atomic E-state index is -0.442. The Morgan fingerprint density at radius 2 is 1.96 bits per heavy atom. The van der Waals surface area contributed by atoms with Crippen LogP contribution in [0.2, 0.25) is 0 Å². The standard InChI is InChI=1S/C21H27NO2S/c1-4-19(24-20-11-6-5-9-17(20)3)21(23)22-12-13-25-15-18-10-7-8-16(2)14-18/h5-11,14,19H,4,12-13,15H2,1-3H3,(H,22,23)/t19-/m1/s1. The molecule has 4 heteroatoms. The zero-order valence-corrected chi connectivity index (χ0v) is 16.1. The third-order valence-corrected chi connectivity index (χ3v) is 4.95. The summed E-state index contributed by atoms with van der Waals surface area (Å²) in [5, 5.41) is 2.99. The van der Waals surface area contributed by atoms with Crippen LogP contribution in [-0.2, 0) is 10.5 Å². The molecule has 2 aromatic rings. The van der Waals surface area contributed by atoms with Crippen LogP contribution in [0.25, 0.3) is 0 Å². The van der Waals surface area contributed by atoms with Gasteiger partial charge in [0.2, 0.25) is 0 Å². The van der Waals surface area contributed by atoms with Gasteiger partial charge in [0, 0.05) is 18.1 Å². The lowest BCUT2D eigenvalue weighted by atomic mass is 10.2. The third kappa shape index (κ3) is 6.46. The number of nitrogens with one attached hydrogen (secondary N) is 1. The number of hydrogen-bond donors (Lipinski definition) is 1. The number of ether oxygens (including phenoxy) is 1. The Kier molecular flexibility index (Phi) is 7.86. The first-order valence-corrected chi connectivity index (χ1v) is 9.89. The number of rotatable bonds is 9. The first-order chi connectivity index (χ1) is 12.1. The summed E-state index contributed by atoms with van der Waals surface area (Å²) >= 11 is 1.83. The van der Waals surface area contributed by atoms with E-state index in [-0.39, 0.29) is 5.91 Å². The molecule has 1 amide bonds. The van der Waals surface area contributed by atoms with Gasteiger partial charge in [-0.25, -0.2) is 0 Å². The van der Waals surface area contributed by atoms with Gasteiger partial charge in [0.05, 0.1) is 0 Å². The molecule has 134 valence electrons. The van der Waals surface area contributed by atoms with Crippen LogP contribution in [0.15, 0.2) is 48.5 Å². The summed E-state index contributed by atoms with van der Waals surface area (Å²) in [5.74, 6) is 2.59. The predicted molar refractivity (Wildman–Crippen MR) is 106 cm³/mol. The van der Waals surface area contributed by atoms with Gasteiger partial charge in [-0.05, 0) is 37.5 Å². The van der Waals surface area contributed by atoms with Crippen LogP contribution in [0.3, 0.4) is 0 Å². The van der Waals surface area contributed by atoms with Crippen LogP contribution in [-0.4, -0.2) is 24.3 Å². The molecule has 0 aromatic heterocycles. The van der Waals surface area contributed by atoms with E-state index in [0.717, 1.165) is 22.8 Å². The maximum absolute atomic E-state index is 12.3. The molecule has 0 spiro atoms. The van der Waals surface area contributed by atoms with Gasteiger partial charge in [-0.15, -0.1) is 0 Å². The molecule has 0 aliphatic rings. The third-order valence-electron chi connectivity index (χ3n) is 3.92. The molecule has 0 unspecified atom stereocenters. The van der Waals surface area contributed by atoms with Gasteiger partial charge in [-0.2, -0.15) is 11.8 Å². The molecule has 25 heavy (non-hydrogen) atoms. The lowest BCUT2D eigenvalue weighted by Gasteiger charge is -2.18. The van der Waals surface area contributed by atoms with E-state index in [9.17, 15) is 4.79 Å². The van der Waals surface area contributed by atoms with Gasteiger partial charge in [0.1, 0.15) is 5.75 Å². The Balaban J connectivity index is 1.72. The van der Waals surface area contributed by atoms with Gasteiger partial charge >= 0.3 is 0 Å². The van der Waals surface area contributed by atoms with Crippen molar-refractivity contribution in [1.29, 1.82) is 0 Å². The Bertz CT molecular complexity index is 687. The number of carbonyl (C=O) groups is 1. The van der Waals surface area contributed by atoms with E-state index >= 15 is 0 Å². The van der Waals surface area contributed by atoms with Crippen molar-refractivity contribution in [1.82, 2.24) is 5.32 Å². The van der Waals surface area contributed by atoms with E-state index in [1.165, 1.54) is 11.1 Å². The molecule has 0 aliphatic carbocycles. The molecule has 2 aromatic carbocycles.